The molecule has 1 unspecified atom stereocenters. The van der Waals surface area contributed by atoms with Crippen LogP contribution < -0.4 is 16.0 Å². The maximum atomic E-state index is 13.7. The van der Waals surface area contributed by atoms with E-state index in [0.717, 1.165) is 11.1 Å². The highest BCUT2D eigenvalue weighted by Crippen LogP contribution is 2.37. The number of carbonyl (C=O) groups excluding carboxylic acids is 3. The molecule has 0 saturated carbocycles. The van der Waals surface area contributed by atoms with E-state index >= 15 is 0 Å². The number of nitrogens with zero attached hydrogens (tertiary/aromatic N) is 1. The summed E-state index contributed by atoms with van der Waals surface area (Å²) in [5.74, 6) is -1.23. The van der Waals surface area contributed by atoms with E-state index < -0.39 is 24.0 Å². The molecule has 0 radical (unpaired) electrons. The minimum atomic E-state index is -0.888. The summed E-state index contributed by atoms with van der Waals surface area (Å²) in [6.07, 6.45) is 0. The first-order valence-corrected chi connectivity index (χ1v) is 11.5. The zero-order valence-corrected chi connectivity index (χ0v) is 20.5. The average molecular weight is 491 g/mol. The molecule has 0 spiro atoms. The molecule has 3 N–H and O–H groups in total. The Hall–Kier alpha value is -2.61. The Morgan fingerprint density at radius 1 is 1.00 bits per heavy atom. The van der Waals surface area contributed by atoms with Crippen LogP contribution in [0, 0.1) is 5.92 Å². The molecule has 3 rings (SSSR count). The van der Waals surface area contributed by atoms with E-state index in [4.69, 9.17) is 23.2 Å². The fourth-order valence-electron chi connectivity index (χ4n) is 3.79. The van der Waals surface area contributed by atoms with Gasteiger partial charge in [-0.05, 0) is 43.1 Å². The molecule has 1 aliphatic heterocycles. The van der Waals surface area contributed by atoms with Crippen LogP contribution in [-0.2, 0) is 20.9 Å². The van der Waals surface area contributed by atoms with E-state index in [1.54, 1.807) is 32.2 Å². The van der Waals surface area contributed by atoms with Gasteiger partial charge < -0.3 is 20.9 Å². The summed E-state index contributed by atoms with van der Waals surface area (Å²) in [5, 5.41) is 9.09. The highest BCUT2D eigenvalue weighted by molar-refractivity contribution is 6.39. The van der Waals surface area contributed by atoms with Gasteiger partial charge in [-0.3, -0.25) is 14.4 Å². The number of anilines is 1. The maximum Gasteiger partial charge on any atom is 0.251 e. The van der Waals surface area contributed by atoms with Gasteiger partial charge in [0, 0.05) is 6.54 Å². The predicted molar refractivity (Wildman–Crippen MR) is 130 cm³/mol. The van der Waals surface area contributed by atoms with Crippen LogP contribution in [0.3, 0.4) is 0 Å². The molecular weight excluding hydrogens is 463 g/mol. The Kier molecular flexibility index (Phi) is 8.00. The van der Waals surface area contributed by atoms with E-state index in [-0.39, 0.29) is 24.3 Å². The van der Waals surface area contributed by atoms with Crippen molar-refractivity contribution in [3.05, 3.63) is 63.6 Å². The number of rotatable bonds is 7. The Morgan fingerprint density at radius 2 is 1.64 bits per heavy atom. The summed E-state index contributed by atoms with van der Waals surface area (Å²) in [7, 11) is 1.67. The Bertz CT molecular complexity index is 1040. The first-order valence-electron chi connectivity index (χ1n) is 10.8. The van der Waals surface area contributed by atoms with E-state index in [2.05, 4.69) is 16.0 Å². The molecule has 0 fully saturated rings. The molecule has 1 aliphatic rings. The topological polar surface area (TPSA) is 90.5 Å². The molecular formula is C24H28Cl2N4O3. The zero-order valence-electron chi connectivity index (χ0n) is 19.0. The summed E-state index contributed by atoms with van der Waals surface area (Å²) < 4.78 is 0. The van der Waals surface area contributed by atoms with Crippen LogP contribution in [0.4, 0.5) is 5.69 Å². The predicted octanol–water partition coefficient (Wildman–Crippen LogP) is 3.76. The molecule has 0 aliphatic carbocycles. The number of hydrogen-bond donors (Lipinski definition) is 3. The molecule has 9 heteroatoms. The van der Waals surface area contributed by atoms with Gasteiger partial charge in [0.1, 0.15) is 12.1 Å². The summed E-state index contributed by atoms with van der Waals surface area (Å²) in [5.41, 5.74) is 1.89. The average Bonchev–Trinajstić information content (AvgIpc) is 3.18. The number of hydrogen-bond acceptors (Lipinski definition) is 4. The second kappa shape index (κ2) is 10.5. The van der Waals surface area contributed by atoms with Crippen LogP contribution in [0.25, 0.3) is 0 Å². The third-order valence-corrected chi connectivity index (χ3v) is 6.43. The van der Waals surface area contributed by atoms with Gasteiger partial charge in [0.15, 0.2) is 0 Å². The lowest BCUT2D eigenvalue weighted by Crippen LogP contribution is -2.55. The molecule has 1 heterocycles. The Labute approximate surface area is 203 Å². The Balaban J connectivity index is 1.93. The standard InChI is InChI=1S/C24H28Cl2N4O3/c1-13(2)19(28-22(31)14(3)27-4)24(33)30-12-15-8-5-6-9-16(15)21(30)23(32)29-20-17(25)10-7-11-18(20)26/h5-11,13-14,19,21,27H,12H2,1-4H3,(H,28,31)(H,29,32)/t14-,19-,21?/m0/s1. The van der Waals surface area contributed by atoms with E-state index in [9.17, 15) is 14.4 Å². The second-order valence-corrected chi connectivity index (χ2v) is 9.21. The highest BCUT2D eigenvalue weighted by Gasteiger charge is 2.42. The molecule has 7 nitrogen and oxygen atoms in total. The van der Waals surface area contributed by atoms with Crippen LogP contribution in [0.5, 0.6) is 0 Å². The second-order valence-electron chi connectivity index (χ2n) is 8.39. The molecule has 33 heavy (non-hydrogen) atoms. The van der Waals surface area contributed by atoms with Gasteiger partial charge >= 0.3 is 0 Å². The lowest BCUT2D eigenvalue weighted by atomic mass is 10.0. The van der Waals surface area contributed by atoms with Crippen LogP contribution in [0.2, 0.25) is 10.0 Å². The molecule has 0 saturated heterocycles. The van der Waals surface area contributed by atoms with Crippen molar-refractivity contribution in [2.45, 2.75) is 45.4 Å². The smallest absolute Gasteiger partial charge is 0.251 e. The first kappa shape index (κ1) is 25.0. The lowest BCUT2D eigenvalue weighted by Gasteiger charge is -2.31. The number of benzene rings is 2. The molecule has 3 atom stereocenters. The summed E-state index contributed by atoms with van der Waals surface area (Å²) in [6.45, 7) is 5.68. The number of amides is 3. The fraction of sp³-hybridized carbons (Fsp3) is 0.375. The zero-order chi connectivity index (χ0) is 24.3. The van der Waals surface area contributed by atoms with Crippen molar-refractivity contribution in [1.82, 2.24) is 15.5 Å². The monoisotopic (exact) mass is 490 g/mol. The number of carbonyl (C=O) groups is 3. The molecule has 0 bridgehead atoms. The lowest BCUT2D eigenvalue weighted by molar-refractivity contribution is -0.143. The molecule has 2 aromatic rings. The summed E-state index contributed by atoms with van der Waals surface area (Å²) in [6, 6.07) is 10.2. The largest absolute Gasteiger partial charge is 0.343 e. The third-order valence-electron chi connectivity index (χ3n) is 5.80. The normalized spacial score (nSPS) is 16.8. The van der Waals surface area contributed by atoms with Crippen molar-refractivity contribution < 1.29 is 14.4 Å². The van der Waals surface area contributed by atoms with Crippen molar-refractivity contribution in [2.75, 3.05) is 12.4 Å². The van der Waals surface area contributed by atoms with E-state index in [1.165, 1.54) is 4.90 Å². The van der Waals surface area contributed by atoms with Gasteiger partial charge in [0.05, 0.1) is 21.8 Å². The number of nitrogens with one attached hydrogen (secondary N) is 3. The number of fused-ring (bicyclic) bond motifs is 1. The summed E-state index contributed by atoms with van der Waals surface area (Å²) >= 11 is 12.5. The van der Waals surface area contributed by atoms with Crippen molar-refractivity contribution in [1.29, 1.82) is 0 Å². The summed E-state index contributed by atoms with van der Waals surface area (Å²) in [4.78, 5) is 41.1. The maximum absolute atomic E-state index is 13.7. The van der Waals surface area contributed by atoms with Crippen LogP contribution in [0.1, 0.15) is 37.9 Å². The fourth-order valence-corrected chi connectivity index (χ4v) is 4.28. The van der Waals surface area contributed by atoms with Gasteiger partial charge in [-0.2, -0.15) is 0 Å². The van der Waals surface area contributed by atoms with Crippen molar-refractivity contribution in [3.8, 4) is 0 Å². The third kappa shape index (κ3) is 5.32. The van der Waals surface area contributed by atoms with Crippen LogP contribution in [0.15, 0.2) is 42.5 Å². The SMILES string of the molecule is CN[C@@H](C)C(=O)N[C@H](C(=O)N1Cc2ccccc2C1C(=O)Nc1c(Cl)cccc1Cl)C(C)C. The Morgan fingerprint density at radius 3 is 2.24 bits per heavy atom. The molecule has 0 aromatic heterocycles. The van der Waals surface area contributed by atoms with Gasteiger partial charge in [0.2, 0.25) is 11.8 Å². The number of likely N-dealkylation sites (N-methyl/N-ethyl adjacent to an activating group) is 1. The van der Waals surface area contributed by atoms with Crippen molar-refractivity contribution >= 4 is 46.6 Å². The van der Waals surface area contributed by atoms with Crippen LogP contribution in [-0.4, -0.2) is 41.8 Å². The minimum Gasteiger partial charge on any atom is -0.343 e. The van der Waals surface area contributed by atoms with Gasteiger partial charge in [-0.1, -0.05) is 67.4 Å². The van der Waals surface area contributed by atoms with Gasteiger partial charge in [-0.25, -0.2) is 0 Å². The molecule has 3 amide bonds. The van der Waals surface area contributed by atoms with Gasteiger partial charge in [0.25, 0.3) is 5.91 Å². The number of halogens is 2. The first-order chi connectivity index (χ1) is 15.6. The van der Waals surface area contributed by atoms with Crippen molar-refractivity contribution in [2.24, 2.45) is 5.92 Å². The number of para-hydroxylation sites is 1. The molecule has 2 aromatic carbocycles. The minimum absolute atomic E-state index is 0.184. The van der Waals surface area contributed by atoms with Crippen molar-refractivity contribution in [3.63, 3.8) is 0 Å². The van der Waals surface area contributed by atoms with Crippen LogP contribution >= 0.6 is 23.2 Å². The highest BCUT2D eigenvalue weighted by atomic mass is 35.5. The quantitative estimate of drug-likeness (QED) is 0.550. The van der Waals surface area contributed by atoms with E-state index in [0.29, 0.717) is 15.7 Å². The van der Waals surface area contributed by atoms with Gasteiger partial charge in [-0.15, -0.1) is 0 Å². The molecule has 176 valence electrons. The van der Waals surface area contributed by atoms with E-state index in [1.807, 2.05) is 38.1 Å².